The molecule has 1 aliphatic heterocycles. The number of thiophene rings is 1. The Hall–Kier alpha value is -3.23. The van der Waals surface area contributed by atoms with E-state index >= 15 is 0 Å². The number of rotatable bonds is 4. The molecular formula is C24H21N3O3S2. The van der Waals surface area contributed by atoms with Crippen molar-refractivity contribution in [3.05, 3.63) is 88.9 Å². The molecule has 0 fully saturated rings. The number of benzene rings is 1. The number of carbonyl (C=O) groups is 1. The Balaban J connectivity index is 1.75. The fourth-order valence-electron chi connectivity index (χ4n) is 4.12. The van der Waals surface area contributed by atoms with Crippen LogP contribution in [0.2, 0.25) is 0 Å². The highest BCUT2D eigenvalue weighted by molar-refractivity contribution is 7.10. The smallest absolute Gasteiger partial charge is 0.338 e. The van der Waals surface area contributed by atoms with E-state index in [2.05, 4.69) is 9.98 Å². The first-order valence-electron chi connectivity index (χ1n) is 10.3. The van der Waals surface area contributed by atoms with E-state index < -0.39 is 12.0 Å². The van der Waals surface area contributed by atoms with Crippen LogP contribution < -0.4 is 14.9 Å². The molecule has 0 saturated heterocycles. The standard InChI is InChI=1S/C24H21N3O3S2/c1-4-30-23(29)20-14(3)26-24-27(21(20)18-10-7-11-31-18)22(28)19(32-24)12-16-13(2)25-17-9-6-5-8-15(16)17/h5-12,21,25H,4H2,1-3H3. The van der Waals surface area contributed by atoms with Crippen LogP contribution in [0.15, 0.2) is 62.8 Å². The van der Waals surface area contributed by atoms with Crippen LogP contribution in [0.3, 0.4) is 0 Å². The lowest BCUT2D eigenvalue weighted by molar-refractivity contribution is -0.139. The molecule has 1 aromatic carbocycles. The van der Waals surface area contributed by atoms with Gasteiger partial charge in [-0.2, -0.15) is 0 Å². The van der Waals surface area contributed by atoms with Gasteiger partial charge in [0.1, 0.15) is 6.04 Å². The molecule has 0 spiro atoms. The Bertz CT molecular complexity index is 1550. The first-order chi connectivity index (χ1) is 15.5. The van der Waals surface area contributed by atoms with E-state index in [0.717, 1.165) is 27.0 Å². The molecule has 0 radical (unpaired) electrons. The van der Waals surface area contributed by atoms with Gasteiger partial charge in [-0.3, -0.25) is 9.36 Å². The highest BCUT2D eigenvalue weighted by Gasteiger charge is 2.33. The number of aryl methyl sites for hydroxylation is 1. The molecule has 0 bridgehead atoms. The summed E-state index contributed by atoms with van der Waals surface area (Å²) in [5.41, 5.74) is 3.84. The molecule has 3 aromatic heterocycles. The van der Waals surface area contributed by atoms with Crippen LogP contribution >= 0.6 is 22.7 Å². The summed E-state index contributed by atoms with van der Waals surface area (Å²) >= 11 is 2.85. The van der Waals surface area contributed by atoms with Gasteiger partial charge >= 0.3 is 5.97 Å². The van der Waals surface area contributed by atoms with E-state index in [1.54, 1.807) is 18.4 Å². The quantitative estimate of drug-likeness (QED) is 0.470. The second kappa shape index (κ2) is 8.03. The predicted octanol–water partition coefficient (Wildman–Crippen LogP) is 3.65. The summed E-state index contributed by atoms with van der Waals surface area (Å²) < 4.78 is 7.53. The maximum Gasteiger partial charge on any atom is 0.338 e. The lowest BCUT2D eigenvalue weighted by Gasteiger charge is -2.23. The third-order valence-corrected chi connectivity index (χ3v) is 7.46. The summed E-state index contributed by atoms with van der Waals surface area (Å²) in [6, 6.07) is 11.3. The number of aromatic nitrogens is 2. The minimum absolute atomic E-state index is 0.161. The third kappa shape index (κ3) is 3.27. The van der Waals surface area contributed by atoms with Gasteiger partial charge in [0.05, 0.1) is 22.4 Å². The van der Waals surface area contributed by atoms with Crippen LogP contribution in [-0.4, -0.2) is 22.1 Å². The number of allylic oxidation sites excluding steroid dienone is 1. The van der Waals surface area contributed by atoms with Gasteiger partial charge in [-0.15, -0.1) is 11.3 Å². The Morgan fingerprint density at radius 3 is 2.81 bits per heavy atom. The number of aromatic amines is 1. The zero-order chi connectivity index (χ0) is 22.4. The first kappa shape index (κ1) is 20.7. The molecule has 1 N–H and O–H groups in total. The van der Waals surface area contributed by atoms with E-state index in [1.165, 1.54) is 22.7 Å². The zero-order valence-electron chi connectivity index (χ0n) is 17.8. The topological polar surface area (TPSA) is 76.4 Å². The lowest BCUT2D eigenvalue weighted by atomic mass is 10.0. The number of para-hydroxylation sites is 1. The molecule has 6 nitrogen and oxygen atoms in total. The summed E-state index contributed by atoms with van der Waals surface area (Å²) in [5.74, 6) is -0.436. The molecule has 5 rings (SSSR count). The molecule has 4 heterocycles. The number of H-pyrrole nitrogens is 1. The van der Waals surface area contributed by atoms with Crippen molar-refractivity contribution in [1.82, 2.24) is 9.55 Å². The van der Waals surface area contributed by atoms with Crippen LogP contribution in [0.1, 0.15) is 36.0 Å². The molecule has 1 atom stereocenters. The number of carbonyl (C=O) groups excluding carboxylic acids is 1. The molecule has 0 saturated carbocycles. The first-order valence-corrected chi connectivity index (χ1v) is 12.0. The molecule has 1 unspecified atom stereocenters. The van der Waals surface area contributed by atoms with Gasteiger partial charge in [0.2, 0.25) is 0 Å². The van der Waals surface area contributed by atoms with Crippen molar-refractivity contribution in [2.75, 3.05) is 6.61 Å². The van der Waals surface area contributed by atoms with E-state index in [1.807, 2.05) is 54.8 Å². The summed E-state index contributed by atoms with van der Waals surface area (Å²) in [7, 11) is 0. The molecule has 4 aromatic rings. The van der Waals surface area contributed by atoms with Gasteiger partial charge in [-0.25, -0.2) is 9.79 Å². The Labute approximate surface area is 191 Å². The van der Waals surface area contributed by atoms with E-state index in [4.69, 9.17) is 4.74 Å². The van der Waals surface area contributed by atoms with Crippen LogP contribution in [0.4, 0.5) is 0 Å². The van der Waals surface area contributed by atoms with Crippen LogP contribution in [0, 0.1) is 6.92 Å². The number of thiazole rings is 1. The van der Waals surface area contributed by atoms with Crippen molar-refractivity contribution in [2.24, 2.45) is 4.99 Å². The Morgan fingerprint density at radius 1 is 1.25 bits per heavy atom. The lowest BCUT2D eigenvalue weighted by Crippen LogP contribution is -2.39. The SMILES string of the molecule is CCOC(=O)C1=C(C)N=c2sc(=Cc3c(C)[nH]c4ccccc34)c(=O)n2C1c1cccs1. The molecule has 0 amide bonds. The van der Waals surface area contributed by atoms with Crippen molar-refractivity contribution in [3.8, 4) is 0 Å². The number of nitrogens with zero attached hydrogens (tertiary/aromatic N) is 2. The summed E-state index contributed by atoms with van der Waals surface area (Å²) in [4.78, 5) is 35.9. The van der Waals surface area contributed by atoms with E-state index in [0.29, 0.717) is 20.6 Å². The normalized spacial score (nSPS) is 16.3. The molecule has 0 aliphatic carbocycles. The highest BCUT2D eigenvalue weighted by atomic mass is 32.1. The largest absolute Gasteiger partial charge is 0.463 e. The monoisotopic (exact) mass is 463 g/mol. The maximum atomic E-state index is 13.6. The van der Waals surface area contributed by atoms with Gasteiger partial charge < -0.3 is 9.72 Å². The number of hydrogen-bond acceptors (Lipinski definition) is 6. The van der Waals surface area contributed by atoms with Gasteiger partial charge in [0.25, 0.3) is 5.56 Å². The third-order valence-electron chi connectivity index (χ3n) is 5.55. The average molecular weight is 464 g/mol. The number of nitrogens with one attached hydrogen (secondary N) is 1. The molecule has 32 heavy (non-hydrogen) atoms. The van der Waals surface area contributed by atoms with Crippen LogP contribution in [-0.2, 0) is 9.53 Å². The van der Waals surface area contributed by atoms with Gasteiger partial charge in [0.15, 0.2) is 4.80 Å². The number of esters is 1. The second-order valence-corrected chi connectivity index (χ2v) is 9.52. The zero-order valence-corrected chi connectivity index (χ0v) is 19.5. The Kier molecular flexibility index (Phi) is 5.19. The minimum Gasteiger partial charge on any atom is -0.463 e. The molecule has 162 valence electrons. The van der Waals surface area contributed by atoms with Gasteiger partial charge in [0, 0.05) is 27.0 Å². The van der Waals surface area contributed by atoms with Gasteiger partial charge in [-0.1, -0.05) is 35.6 Å². The van der Waals surface area contributed by atoms with Crippen LogP contribution in [0.25, 0.3) is 17.0 Å². The van der Waals surface area contributed by atoms with Crippen molar-refractivity contribution in [1.29, 1.82) is 0 Å². The summed E-state index contributed by atoms with van der Waals surface area (Å²) in [6.45, 7) is 5.83. The number of fused-ring (bicyclic) bond motifs is 2. The van der Waals surface area contributed by atoms with E-state index in [9.17, 15) is 9.59 Å². The van der Waals surface area contributed by atoms with Crippen molar-refractivity contribution >= 4 is 45.6 Å². The van der Waals surface area contributed by atoms with Crippen molar-refractivity contribution in [3.63, 3.8) is 0 Å². The fraction of sp³-hybridized carbons (Fsp3) is 0.208. The predicted molar refractivity (Wildman–Crippen MR) is 128 cm³/mol. The average Bonchev–Trinajstić information content (AvgIpc) is 3.47. The molecule has 1 aliphatic rings. The maximum absolute atomic E-state index is 13.6. The van der Waals surface area contributed by atoms with Gasteiger partial charge in [-0.05, 0) is 44.4 Å². The Morgan fingerprint density at radius 2 is 2.06 bits per heavy atom. The minimum atomic E-state index is -0.545. The fourth-order valence-corrected chi connectivity index (χ4v) is 5.97. The molecular weight excluding hydrogens is 442 g/mol. The van der Waals surface area contributed by atoms with Crippen molar-refractivity contribution < 1.29 is 9.53 Å². The highest BCUT2D eigenvalue weighted by Crippen LogP contribution is 2.33. The van der Waals surface area contributed by atoms with E-state index in [-0.39, 0.29) is 12.2 Å². The number of hydrogen-bond donors (Lipinski definition) is 1. The second-order valence-electron chi connectivity index (χ2n) is 7.53. The molecule has 8 heteroatoms. The number of ether oxygens (including phenoxy) is 1. The van der Waals surface area contributed by atoms with Crippen molar-refractivity contribution in [2.45, 2.75) is 26.8 Å². The summed E-state index contributed by atoms with van der Waals surface area (Å²) in [6.07, 6.45) is 1.92. The van der Waals surface area contributed by atoms with Crippen LogP contribution in [0.5, 0.6) is 0 Å². The summed E-state index contributed by atoms with van der Waals surface area (Å²) in [5, 5.41) is 3.01.